The summed E-state index contributed by atoms with van der Waals surface area (Å²) >= 11 is 0. The van der Waals surface area contributed by atoms with Crippen molar-refractivity contribution < 1.29 is 17.6 Å². The topological polar surface area (TPSA) is 46.5 Å². The van der Waals surface area contributed by atoms with E-state index in [0.29, 0.717) is 16.9 Å². The zero-order valence-electron chi connectivity index (χ0n) is 17.9. The molecule has 0 aliphatic rings. The number of alkyl halides is 3. The molecule has 2 aromatic carbocycles. The Bertz CT molecular complexity index is 1250. The number of halogens is 4. The van der Waals surface area contributed by atoms with Crippen molar-refractivity contribution >= 4 is 40.6 Å². The van der Waals surface area contributed by atoms with Crippen LogP contribution in [0.25, 0.3) is 33.7 Å². The zero-order valence-corrected chi connectivity index (χ0v) is 19.9. The van der Waals surface area contributed by atoms with Gasteiger partial charge >= 0.3 is 6.18 Å². The first-order valence-corrected chi connectivity index (χ1v) is 9.36. The maximum atomic E-state index is 14.4. The first-order chi connectivity index (χ1) is 13.9. The molecule has 0 amide bonds. The van der Waals surface area contributed by atoms with Gasteiger partial charge in [-0.2, -0.15) is 18.3 Å². The van der Waals surface area contributed by atoms with Gasteiger partial charge in [-0.15, -0.1) is 0 Å². The molecule has 0 fully saturated rings. The summed E-state index contributed by atoms with van der Waals surface area (Å²) in [5.74, 6) is -0.386. The van der Waals surface area contributed by atoms with Crippen molar-refractivity contribution in [2.75, 3.05) is 0 Å². The summed E-state index contributed by atoms with van der Waals surface area (Å²) < 4.78 is 56.3. The predicted molar refractivity (Wildman–Crippen MR) is 113 cm³/mol. The average Bonchev–Trinajstić information content (AvgIpc) is 3.22. The van der Waals surface area contributed by atoms with E-state index in [2.05, 4.69) is 35.8 Å². The molecule has 2 aromatic heterocycles. The molecule has 4 aromatic rings. The average molecular weight is 439 g/mol. The summed E-state index contributed by atoms with van der Waals surface area (Å²) in [6.45, 7) is 6.16. The fourth-order valence-electron chi connectivity index (χ4n) is 3.40. The van der Waals surface area contributed by atoms with E-state index in [4.69, 9.17) is 0 Å². The SMILES string of the molecule is Cn1nc(C(C)(C)C)cc1-c1nc2ccc(-c3c(F)cccc3C(F)(F)F)cc2[nH]1.[Na]. The first kappa shape index (κ1) is 23.5. The molecule has 0 atom stereocenters. The van der Waals surface area contributed by atoms with Crippen LogP contribution in [-0.2, 0) is 18.6 Å². The molecule has 9 heteroatoms. The Labute approximate surface area is 199 Å². The second-order valence-corrected chi connectivity index (χ2v) is 8.27. The van der Waals surface area contributed by atoms with Crippen LogP contribution in [0.2, 0.25) is 0 Å². The Balaban J connectivity index is 0.00000272. The number of fused-ring (bicyclic) bond motifs is 1. The summed E-state index contributed by atoms with van der Waals surface area (Å²) in [4.78, 5) is 7.66. The Morgan fingerprint density at radius 3 is 2.32 bits per heavy atom. The van der Waals surface area contributed by atoms with E-state index in [9.17, 15) is 17.6 Å². The molecular weight excluding hydrogens is 419 g/mol. The summed E-state index contributed by atoms with van der Waals surface area (Å²) in [6, 6.07) is 9.41. The summed E-state index contributed by atoms with van der Waals surface area (Å²) in [6.07, 6.45) is -4.66. The minimum absolute atomic E-state index is 0. The van der Waals surface area contributed by atoms with Crippen molar-refractivity contribution in [2.24, 2.45) is 7.05 Å². The van der Waals surface area contributed by atoms with E-state index in [1.807, 2.05) is 6.07 Å². The molecule has 0 saturated heterocycles. The maximum Gasteiger partial charge on any atom is 0.417 e. The van der Waals surface area contributed by atoms with Gasteiger partial charge < -0.3 is 4.98 Å². The largest absolute Gasteiger partial charge is 0.417 e. The van der Waals surface area contributed by atoms with E-state index in [1.54, 1.807) is 17.8 Å². The van der Waals surface area contributed by atoms with E-state index >= 15 is 0 Å². The molecule has 157 valence electrons. The summed E-state index contributed by atoms with van der Waals surface area (Å²) in [7, 11) is 1.80. The van der Waals surface area contributed by atoms with Crippen LogP contribution in [0.15, 0.2) is 42.5 Å². The van der Waals surface area contributed by atoms with E-state index in [1.165, 1.54) is 12.1 Å². The monoisotopic (exact) mass is 439 g/mol. The number of hydrogen-bond acceptors (Lipinski definition) is 2. The molecule has 0 bridgehead atoms. The molecule has 0 aliphatic heterocycles. The number of nitrogens with zero attached hydrogens (tertiary/aromatic N) is 3. The number of hydrogen-bond donors (Lipinski definition) is 1. The third kappa shape index (κ3) is 4.42. The Hall–Kier alpha value is -2.16. The van der Waals surface area contributed by atoms with Gasteiger partial charge in [-0.1, -0.05) is 32.9 Å². The Morgan fingerprint density at radius 1 is 1.00 bits per heavy atom. The number of rotatable bonds is 2. The van der Waals surface area contributed by atoms with Crippen LogP contribution in [0.4, 0.5) is 17.6 Å². The number of aromatic amines is 1. The third-order valence-corrected chi connectivity index (χ3v) is 4.98. The number of nitrogens with one attached hydrogen (secondary N) is 1. The van der Waals surface area contributed by atoms with Gasteiger partial charge in [-0.25, -0.2) is 9.37 Å². The number of benzene rings is 2. The van der Waals surface area contributed by atoms with Gasteiger partial charge in [0.25, 0.3) is 0 Å². The third-order valence-electron chi connectivity index (χ3n) is 4.98. The maximum absolute atomic E-state index is 14.4. The van der Waals surface area contributed by atoms with Gasteiger partial charge in [-0.3, -0.25) is 4.68 Å². The van der Waals surface area contributed by atoms with Crippen LogP contribution in [-0.4, -0.2) is 49.3 Å². The Kier molecular flexibility index (Phi) is 6.12. The summed E-state index contributed by atoms with van der Waals surface area (Å²) in [5.41, 5.74) is 1.22. The van der Waals surface area contributed by atoms with Crippen LogP contribution in [0, 0.1) is 5.82 Å². The van der Waals surface area contributed by atoms with Gasteiger partial charge in [0.05, 0.1) is 22.3 Å². The molecule has 1 radical (unpaired) electrons. The van der Waals surface area contributed by atoms with E-state index in [0.717, 1.165) is 29.6 Å². The van der Waals surface area contributed by atoms with Gasteiger partial charge in [0.15, 0.2) is 5.82 Å². The van der Waals surface area contributed by atoms with E-state index in [-0.39, 0.29) is 40.5 Å². The summed E-state index contributed by atoms with van der Waals surface area (Å²) in [5, 5.41) is 4.53. The van der Waals surface area contributed by atoms with Gasteiger partial charge in [0.1, 0.15) is 11.5 Å². The second-order valence-electron chi connectivity index (χ2n) is 8.27. The minimum atomic E-state index is -4.66. The molecule has 2 heterocycles. The molecule has 4 rings (SSSR count). The first-order valence-electron chi connectivity index (χ1n) is 9.36. The second kappa shape index (κ2) is 8.07. The van der Waals surface area contributed by atoms with Crippen molar-refractivity contribution in [2.45, 2.75) is 32.4 Å². The van der Waals surface area contributed by atoms with E-state index < -0.39 is 23.1 Å². The van der Waals surface area contributed by atoms with Crippen LogP contribution in [0.1, 0.15) is 32.0 Å². The van der Waals surface area contributed by atoms with Gasteiger partial charge in [0, 0.05) is 47.6 Å². The van der Waals surface area contributed by atoms with Gasteiger partial charge in [0.2, 0.25) is 0 Å². The van der Waals surface area contributed by atoms with Crippen LogP contribution in [0.5, 0.6) is 0 Å². The molecule has 0 unspecified atom stereocenters. The molecule has 1 N–H and O–H groups in total. The normalized spacial score (nSPS) is 12.3. The van der Waals surface area contributed by atoms with Crippen molar-refractivity contribution in [3.8, 4) is 22.6 Å². The zero-order chi connectivity index (χ0) is 21.8. The Morgan fingerprint density at radius 2 is 1.71 bits per heavy atom. The molecular formula is C22H20F4N4Na. The number of aryl methyl sites for hydroxylation is 1. The number of imidazole rings is 1. The van der Waals surface area contributed by atoms with Crippen molar-refractivity contribution in [1.82, 2.24) is 19.7 Å². The number of aromatic nitrogens is 4. The molecule has 0 saturated carbocycles. The van der Waals surface area contributed by atoms with Crippen molar-refractivity contribution in [3.05, 3.63) is 59.5 Å². The van der Waals surface area contributed by atoms with Crippen molar-refractivity contribution in [1.29, 1.82) is 0 Å². The fourth-order valence-corrected chi connectivity index (χ4v) is 3.40. The molecule has 31 heavy (non-hydrogen) atoms. The standard InChI is InChI=1S/C22H20F4N4.Na/c1-21(2,3)18-11-17(30(4)29-18)20-27-15-9-8-12(10-16(15)28-20)19-13(22(24,25)26)6-5-7-14(19)23;/h5-11H,1-4H3,(H,27,28);. The smallest absolute Gasteiger partial charge is 0.337 e. The molecule has 0 aliphatic carbocycles. The van der Waals surface area contributed by atoms with Crippen LogP contribution >= 0.6 is 0 Å². The van der Waals surface area contributed by atoms with Crippen LogP contribution < -0.4 is 0 Å². The minimum Gasteiger partial charge on any atom is -0.337 e. The van der Waals surface area contributed by atoms with Crippen LogP contribution in [0.3, 0.4) is 0 Å². The molecule has 4 nitrogen and oxygen atoms in total. The number of H-pyrrole nitrogens is 1. The fraction of sp³-hybridized carbons (Fsp3) is 0.273. The van der Waals surface area contributed by atoms with Gasteiger partial charge in [-0.05, 0) is 35.9 Å². The predicted octanol–water partition coefficient (Wildman–Crippen LogP) is 5.71. The quantitative estimate of drug-likeness (QED) is 0.322. The van der Waals surface area contributed by atoms with Crippen molar-refractivity contribution in [3.63, 3.8) is 0 Å². The molecule has 0 spiro atoms.